The van der Waals surface area contributed by atoms with E-state index in [-0.39, 0.29) is 40.9 Å². The summed E-state index contributed by atoms with van der Waals surface area (Å²) in [6.45, 7) is 0.897. The van der Waals surface area contributed by atoms with Gasteiger partial charge in [-0.2, -0.15) is 0 Å². The van der Waals surface area contributed by atoms with Crippen molar-refractivity contribution in [3.8, 4) is 0 Å². The lowest BCUT2D eigenvalue weighted by molar-refractivity contribution is 0.0213. The predicted octanol–water partition coefficient (Wildman–Crippen LogP) is -0.337. The molecule has 39 heavy (non-hydrogen) atoms. The molecule has 0 aliphatic rings. The van der Waals surface area contributed by atoms with Crippen LogP contribution >= 0.6 is 15.6 Å². The quantitative estimate of drug-likeness (QED) is 0.140. The van der Waals surface area contributed by atoms with Gasteiger partial charge in [-0.15, -0.1) is 0 Å². The third kappa shape index (κ3) is 7.09. The van der Waals surface area contributed by atoms with Crippen molar-refractivity contribution in [2.75, 3.05) is 19.8 Å². The van der Waals surface area contributed by atoms with Crippen LogP contribution in [0, 0.1) is 0 Å². The van der Waals surface area contributed by atoms with Crippen LogP contribution in [-0.2, 0) is 35.8 Å². The number of benzene rings is 1. The van der Waals surface area contributed by atoms with Gasteiger partial charge in [-0.05, 0) is 37.7 Å². The lowest BCUT2D eigenvalue weighted by Crippen LogP contribution is -2.33. The van der Waals surface area contributed by atoms with E-state index in [0.717, 1.165) is 16.7 Å². The van der Waals surface area contributed by atoms with E-state index in [1.165, 1.54) is 6.92 Å². The average Bonchev–Trinajstić information content (AvgIpc) is 3.23. The normalized spacial score (nSPS) is 16.5. The lowest BCUT2D eigenvalue weighted by Gasteiger charge is -2.30. The third-order valence-electron chi connectivity index (χ3n) is 6.27. The first-order valence-electron chi connectivity index (χ1n) is 11.7. The zero-order valence-corrected chi connectivity index (χ0v) is 22.8. The fourth-order valence-corrected chi connectivity index (χ4v) is 5.44. The van der Waals surface area contributed by atoms with Gasteiger partial charge < -0.3 is 19.8 Å². The topological polar surface area (TPSA) is 221 Å². The molecule has 0 spiro atoms. The number of aliphatic hydroxyl groups excluding tert-OH is 1. The second-order valence-electron chi connectivity index (χ2n) is 9.14. The first kappa shape index (κ1) is 31.3. The number of rotatable bonds is 14. The maximum Gasteiger partial charge on any atom is 0.472 e. The highest BCUT2D eigenvalue weighted by Gasteiger charge is 2.35. The van der Waals surface area contributed by atoms with Crippen molar-refractivity contribution < 1.29 is 42.5 Å². The Hall–Kier alpha value is -2.26. The highest BCUT2D eigenvalue weighted by Crippen LogP contribution is 2.49. The molecule has 2 radical (unpaired) electrons. The zero-order valence-electron chi connectivity index (χ0n) is 21.0. The predicted molar refractivity (Wildman–Crippen MR) is 140 cm³/mol. The van der Waals surface area contributed by atoms with Crippen LogP contribution in [0.4, 0.5) is 0 Å². The van der Waals surface area contributed by atoms with Gasteiger partial charge in [-0.3, -0.25) is 41.9 Å². The Balaban J connectivity index is 1.89. The Morgan fingerprint density at radius 2 is 1.36 bits per heavy atom. The van der Waals surface area contributed by atoms with E-state index in [1.807, 2.05) is 0 Å². The van der Waals surface area contributed by atoms with Crippen LogP contribution in [0.15, 0.2) is 31.3 Å². The van der Waals surface area contributed by atoms with Crippen LogP contribution in [0.1, 0.15) is 26.7 Å². The Bertz CT molecular complexity index is 1590. The lowest BCUT2D eigenvalue weighted by atomic mass is 9.90. The highest BCUT2D eigenvalue weighted by molar-refractivity contribution is 7.47. The average molecular weight is 588 g/mol. The minimum absolute atomic E-state index is 0.0696. The molecular weight excluding hydrogens is 561 g/mol. The monoisotopic (exact) mass is 588 g/mol. The summed E-state index contributed by atoms with van der Waals surface area (Å²) in [7, 11) is -3.96. The molecule has 0 fully saturated rings. The maximum atomic E-state index is 13.0. The van der Waals surface area contributed by atoms with Crippen LogP contribution in [0.25, 0.3) is 21.5 Å². The molecule has 18 heteroatoms. The number of fused-ring (bicyclic) bond motifs is 2. The maximum absolute atomic E-state index is 13.0. The number of aliphatic hydroxyl groups is 1. The molecule has 3 aromatic rings. The van der Waals surface area contributed by atoms with Gasteiger partial charge >= 0.3 is 15.6 Å². The van der Waals surface area contributed by atoms with E-state index in [9.17, 15) is 33.2 Å². The highest BCUT2D eigenvalue weighted by atomic mass is 31.2. The molecule has 4 N–H and O–H groups in total. The summed E-state index contributed by atoms with van der Waals surface area (Å²) in [5.74, 6) is -0.902. The Morgan fingerprint density at radius 3 is 1.77 bits per heavy atom. The molecule has 212 valence electrons. The molecule has 2 aromatic heterocycles. The smallest absolute Gasteiger partial charge is 0.397 e. The minimum atomic E-state index is -4.82. The van der Waals surface area contributed by atoms with Crippen molar-refractivity contribution >= 4 is 45.0 Å². The Morgan fingerprint density at radius 1 is 0.897 bits per heavy atom. The number of phosphoric acid groups is 2. The molecule has 3 atom stereocenters. The van der Waals surface area contributed by atoms with E-state index >= 15 is 0 Å². The molecule has 0 aliphatic heterocycles. The second kappa shape index (κ2) is 11.7. The van der Waals surface area contributed by atoms with Crippen molar-refractivity contribution in [3.05, 3.63) is 53.5 Å². The summed E-state index contributed by atoms with van der Waals surface area (Å²) in [4.78, 5) is 79.1. The molecule has 0 bridgehead atoms. The van der Waals surface area contributed by atoms with E-state index in [2.05, 4.69) is 4.52 Å². The van der Waals surface area contributed by atoms with Crippen LogP contribution in [0.3, 0.4) is 0 Å². The first-order valence-corrected chi connectivity index (χ1v) is 14.7. The largest absolute Gasteiger partial charge is 0.472 e. The van der Waals surface area contributed by atoms with E-state index in [4.69, 9.17) is 31.8 Å². The molecule has 2 heterocycles. The molecular formula is C21H27BN2O13P2. The standard InChI is InChI=1S/C21H27BN2O13P2/c1-3-21(2,37-39(33,34)36-11-12(22)10-25)4-5-23-17(26)13-8-15-16(9-14(13)18(23)27)20(29)24(19(15)28)6-7-35-38(30,31)32/h8-9,12,25H,3-7,10-11H2,1-2H3,(H,33,34)(H2,30,31,32). The molecule has 3 unspecified atom stereocenters. The van der Waals surface area contributed by atoms with Gasteiger partial charge in [0.15, 0.2) is 0 Å². The molecule has 1 aromatic carbocycles. The van der Waals surface area contributed by atoms with Gasteiger partial charge in [0.1, 0.15) is 0 Å². The summed E-state index contributed by atoms with van der Waals surface area (Å²) in [6, 6.07) is 2.23. The number of phosphoric ester groups is 2. The van der Waals surface area contributed by atoms with Gasteiger partial charge in [0.25, 0.3) is 22.2 Å². The van der Waals surface area contributed by atoms with Crippen LogP contribution in [-0.4, -0.2) is 62.2 Å². The summed E-state index contributed by atoms with van der Waals surface area (Å²) < 4.78 is 39.1. The van der Waals surface area contributed by atoms with Crippen molar-refractivity contribution in [1.82, 2.24) is 9.13 Å². The zero-order chi connectivity index (χ0) is 29.3. The van der Waals surface area contributed by atoms with Crippen molar-refractivity contribution in [2.45, 2.75) is 51.2 Å². The number of hydrogen-bond acceptors (Lipinski definition) is 10. The summed E-state index contributed by atoms with van der Waals surface area (Å²) >= 11 is 0. The molecule has 3 rings (SSSR count). The van der Waals surface area contributed by atoms with Gasteiger partial charge in [-0.1, -0.05) is 6.92 Å². The second-order valence-corrected chi connectivity index (χ2v) is 11.8. The van der Waals surface area contributed by atoms with Crippen molar-refractivity contribution in [3.63, 3.8) is 0 Å². The van der Waals surface area contributed by atoms with Crippen LogP contribution in [0.2, 0.25) is 5.82 Å². The fourth-order valence-electron chi connectivity index (χ4n) is 3.91. The summed E-state index contributed by atoms with van der Waals surface area (Å²) in [6.07, 6.45) is 0.120. The molecule has 0 amide bonds. The van der Waals surface area contributed by atoms with E-state index < -0.39 is 75.7 Å². The number of aromatic nitrogens is 2. The van der Waals surface area contributed by atoms with E-state index in [0.29, 0.717) is 4.57 Å². The molecule has 0 saturated carbocycles. The molecule has 0 saturated heterocycles. The third-order valence-corrected chi connectivity index (χ3v) is 7.93. The van der Waals surface area contributed by atoms with Gasteiger partial charge in [0, 0.05) is 13.2 Å². The number of hydrogen-bond donors (Lipinski definition) is 4. The van der Waals surface area contributed by atoms with Crippen LogP contribution < -0.4 is 22.2 Å². The Kier molecular flexibility index (Phi) is 9.38. The SMILES string of the molecule is [B]C(CO)COP(=O)(O)OC(C)(CC)CCn1c(=O)c2cc3c(=O)n(CCOP(=O)(O)O)c(=O)c3cc2c1=O. The minimum Gasteiger partial charge on any atom is -0.397 e. The summed E-state index contributed by atoms with van der Waals surface area (Å²) in [5.41, 5.74) is -4.46. The van der Waals surface area contributed by atoms with Crippen molar-refractivity contribution in [2.24, 2.45) is 0 Å². The Labute approximate surface area is 221 Å². The van der Waals surface area contributed by atoms with Gasteiger partial charge in [-0.25, -0.2) is 9.13 Å². The van der Waals surface area contributed by atoms with Crippen LogP contribution in [0.5, 0.6) is 0 Å². The van der Waals surface area contributed by atoms with Gasteiger partial charge in [0.05, 0.1) is 54.8 Å². The van der Waals surface area contributed by atoms with E-state index in [1.54, 1.807) is 6.92 Å². The molecule has 0 aliphatic carbocycles. The van der Waals surface area contributed by atoms with Crippen molar-refractivity contribution in [1.29, 1.82) is 0 Å². The molecule has 15 nitrogen and oxygen atoms in total. The summed E-state index contributed by atoms with van der Waals surface area (Å²) in [5, 5.41) is 8.39. The number of nitrogens with zero attached hydrogens (tertiary/aromatic N) is 2. The fraction of sp³-hybridized carbons (Fsp3) is 0.524. The van der Waals surface area contributed by atoms with Gasteiger partial charge in [0.2, 0.25) is 0 Å². The first-order chi connectivity index (χ1) is 18.0.